The second-order valence-electron chi connectivity index (χ2n) is 7.07. The Bertz CT molecular complexity index is 1150. The van der Waals surface area contributed by atoms with E-state index < -0.39 is 0 Å². The first-order valence-electron chi connectivity index (χ1n) is 9.72. The fourth-order valence-corrected chi connectivity index (χ4v) is 4.25. The van der Waals surface area contributed by atoms with Crippen molar-refractivity contribution in [1.82, 2.24) is 10.3 Å². The summed E-state index contributed by atoms with van der Waals surface area (Å²) in [6.45, 7) is 2.20. The van der Waals surface area contributed by atoms with Gasteiger partial charge in [-0.25, -0.2) is 9.37 Å². The van der Waals surface area contributed by atoms with E-state index in [1.54, 1.807) is 29.5 Å². The Morgan fingerprint density at radius 2 is 1.63 bits per heavy atom. The van der Waals surface area contributed by atoms with Gasteiger partial charge in [-0.1, -0.05) is 78.4 Å². The molecule has 4 aromatic rings. The van der Waals surface area contributed by atoms with Crippen LogP contribution in [0.15, 0.2) is 78.9 Å². The van der Waals surface area contributed by atoms with Crippen LogP contribution < -0.4 is 5.32 Å². The summed E-state index contributed by atoms with van der Waals surface area (Å²) in [4.78, 5) is 18.4. The van der Waals surface area contributed by atoms with E-state index in [0.717, 1.165) is 26.7 Å². The van der Waals surface area contributed by atoms with E-state index in [-0.39, 0.29) is 24.7 Å². The van der Waals surface area contributed by atoms with Crippen molar-refractivity contribution < 1.29 is 9.18 Å². The molecule has 0 spiro atoms. The van der Waals surface area contributed by atoms with E-state index in [1.165, 1.54) is 11.6 Å². The zero-order valence-electron chi connectivity index (χ0n) is 16.6. The molecule has 150 valence electrons. The molecule has 0 aliphatic carbocycles. The summed E-state index contributed by atoms with van der Waals surface area (Å²) in [5, 5.41) is 3.69. The molecule has 0 saturated carbocycles. The summed E-state index contributed by atoms with van der Waals surface area (Å²) in [6.07, 6.45) is 0.140. The highest BCUT2D eigenvalue weighted by Gasteiger charge is 2.17. The third-order valence-electron chi connectivity index (χ3n) is 4.79. The van der Waals surface area contributed by atoms with Crippen molar-refractivity contribution in [1.29, 1.82) is 0 Å². The van der Waals surface area contributed by atoms with Gasteiger partial charge >= 0.3 is 0 Å². The number of hydrogen-bond acceptors (Lipinski definition) is 3. The highest BCUT2D eigenvalue weighted by atomic mass is 32.1. The second-order valence-corrected chi connectivity index (χ2v) is 8.07. The average molecular weight is 417 g/mol. The minimum atomic E-state index is -0.321. The van der Waals surface area contributed by atoms with E-state index in [9.17, 15) is 9.18 Å². The number of aromatic nitrogens is 1. The molecule has 0 fully saturated rings. The van der Waals surface area contributed by atoms with Crippen molar-refractivity contribution in [2.45, 2.75) is 19.9 Å². The number of thiazole rings is 1. The van der Waals surface area contributed by atoms with E-state index in [2.05, 4.69) is 29.6 Å². The molecule has 1 heterocycles. The molecule has 0 aliphatic rings. The topological polar surface area (TPSA) is 42.0 Å². The number of nitrogens with one attached hydrogen (secondary N) is 1. The largest absolute Gasteiger partial charge is 0.352 e. The molecule has 0 bridgehead atoms. The van der Waals surface area contributed by atoms with Crippen LogP contribution in [0.5, 0.6) is 0 Å². The van der Waals surface area contributed by atoms with Crippen molar-refractivity contribution in [3.63, 3.8) is 0 Å². The minimum absolute atomic E-state index is 0.140. The van der Waals surface area contributed by atoms with Gasteiger partial charge in [0.25, 0.3) is 0 Å². The van der Waals surface area contributed by atoms with Crippen LogP contribution in [0.25, 0.3) is 21.0 Å². The van der Waals surface area contributed by atoms with Crippen LogP contribution in [0, 0.1) is 12.7 Å². The van der Waals surface area contributed by atoms with Gasteiger partial charge in [-0.2, -0.15) is 0 Å². The van der Waals surface area contributed by atoms with Crippen LogP contribution in [0.1, 0.15) is 16.8 Å². The Hall–Kier alpha value is -3.31. The molecular weight excluding hydrogens is 395 g/mol. The fraction of sp³-hybridized carbons (Fsp3) is 0.120. The van der Waals surface area contributed by atoms with Gasteiger partial charge in [-0.15, -0.1) is 11.3 Å². The molecule has 1 amide bonds. The molecule has 1 aromatic heterocycles. The molecule has 5 heteroatoms. The first kappa shape index (κ1) is 20.0. The van der Waals surface area contributed by atoms with Crippen molar-refractivity contribution in [3.8, 4) is 21.0 Å². The summed E-state index contributed by atoms with van der Waals surface area (Å²) in [6, 6.07) is 24.6. The molecule has 4 rings (SSSR count). The Morgan fingerprint density at radius 3 is 2.37 bits per heavy atom. The third-order valence-corrected chi connectivity index (χ3v) is 5.99. The number of carbonyl (C=O) groups excluding carboxylic acids is 1. The Balaban J connectivity index is 1.59. The molecule has 30 heavy (non-hydrogen) atoms. The molecule has 0 aliphatic heterocycles. The molecule has 3 aromatic carbocycles. The summed E-state index contributed by atoms with van der Waals surface area (Å²) in [7, 11) is 0. The SMILES string of the molecule is Cc1ccc(-c2sc(-c3ccccc3)nc2CC(=O)NCc2ccccc2F)cc1. The van der Waals surface area contributed by atoms with Crippen LogP contribution in [0.4, 0.5) is 4.39 Å². The standard InChI is InChI=1S/C25H21FN2OS/c1-17-11-13-18(14-12-17)24-22(28-25(30-24)19-7-3-2-4-8-19)15-23(29)27-16-20-9-5-6-10-21(20)26/h2-14H,15-16H2,1H3,(H,27,29). The molecule has 0 atom stereocenters. The Morgan fingerprint density at radius 1 is 0.933 bits per heavy atom. The predicted molar refractivity (Wildman–Crippen MR) is 120 cm³/mol. The maximum absolute atomic E-state index is 13.8. The van der Waals surface area contributed by atoms with Crippen LogP contribution >= 0.6 is 11.3 Å². The lowest BCUT2D eigenvalue weighted by Gasteiger charge is -2.07. The number of nitrogens with zero attached hydrogens (tertiary/aromatic N) is 1. The van der Waals surface area contributed by atoms with Crippen LogP contribution in [-0.4, -0.2) is 10.9 Å². The molecule has 3 nitrogen and oxygen atoms in total. The maximum Gasteiger partial charge on any atom is 0.226 e. The van der Waals surface area contributed by atoms with Gasteiger partial charge < -0.3 is 5.32 Å². The van der Waals surface area contributed by atoms with E-state index in [1.807, 2.05) is 37.3 Å². The number of halogens is 1. The van der Waals surface area contributed by atoms with Gasteiger partial charge in [0.1, 0.15) is 10.8 Å². The van der Waals surface area contributed by atoms with Crippen molar-refractivity contribution in [2.24, 2.45) is 0 Å². The van der Waals surface area contributed by atoms with Crippen LogP contribution in [-0.2, 0) is 17.8 Å². The summed E-state index contributed by atoms with van der Waals surface area (Å²) in [5.74, 6) is -0.505. The minimum Gasteiger partial charge on any atom is -0.352 e. The zero-order chi connectivity index (χ0) is 20.9. The monoisotopic (exact) mass is 416 g/mol. The number of amides is 1. The second kappa shape index (κ2) is 9.01. The number of aryl methyl sites for hydroxylation is 1. The quantitative estimate of drug-likeness (QED) is 0.433. The molecule has 0 radical (unpaired) electrons. The van der Waals surface area contributed by atoms with Crippen LogP contribution in [0.2, 0.25) is 0 Å². The van der Waals surface area contributed by atoms with Gasteiger partial charge in [0.15, 0.2) is 0 Å². The zero-order valence-corrected chi connectivity index (χ0v) is 17.4. The Kier molecular flexibility index (Phi) is 6.00. The van der Waals surface area contributed by atoms with E-state index in [4.69, 9.17) is 4.98 Å². The van der Waals surface area contributed by atoms with Gasteiger partial charge in [0.2, 0.25) is 5.91 Å². The first-order chi connectivity index (χ1) is 14.6. The average Bonchev–Trinajstić information content (AvgIpc) is 3.18. The van der Waals surface area contributed by atoms with Crippen LogP contribution in [0.3, 0.4) is 0 Å². The van der Waals surface area contributed by atoms with Crippen molar-refractivity contribution >= 4 is 17.2 Å². The summed E-state index contributed by atoms with van der Waals surface area (Å²) < 4.78 is 13.8. The van der Waals surface area contributed by atoms with Gasteiger partial charge in [-0.3, -0.25) is 4.79 Å². The lowest BCUT2D eigenvalue weighted by molar-refractivity contribution is -0.120. The first-order valence-corrected chi connectivity index (χ1v) is 10.5. The highest BCUT2D eigenvalue weighted by molar-refractivity contribution is 7.18. The highest BCUT2D eigenvalue weighted by Crippen LogP contribution is 2.35. The lowest BCUT2D eigenvalue weighted by Crippen LogP contribution is -2.25. The van der Waals surface area contributed by atoms with Gasteiger partial charge in [-0.05, 0) is 18.6 Å². The normalized spacial score (nSPS) is 10.7. The Labute approximate surface area is 179 Å². The van der Waals surface area contributed by atoms with E-state index >= 15 is 0 Å². The number of carbonyl (C=O) groups is 1. The molecule has 0 saturated heterocycles. The van der Waals surface area contributed by atoms with Crippen molar-refractivity contribution in [3.05, 3.63) is 102 Å². The number of rotatable bonds is 6. The van der Waals surface area contributed by atoms with Gasteiger partial charge in [0, 0.05) is 17.7 Å². The van der Waals surface area contributed by atoms with Crippen molar-refractivity contribution in [2.75, 3.05) is 0 Å². The molecular formula is C25H21FN2OS. The summed E-state index contributed by atoms with van der Waals surface area (Å²) >= 11 is 1.58. The number of benzene rings is 3. The lowest BCUT2D eigenvalue weighted by atomic mass is 10.1. The summed E-state index contributed by atoms with van der Waals surface area (Å²) in [5.41, 5.74) is 4.43. The molecule has 0 unspecified atom stereocenters. The van der Waals surface area contributed by atoms with E-state index in [0.29, 0.717) is 5.56 Å². The number of hydrogen-bond donors (Lipinski definition) is 1. The third kappa shape index (κ3) is 4.63. The fourth-order valence-electron chi connectivity index (χ4n) is 3.16. The smallest absolute Gasteiger partial charge is 0.226 e. The maximum atomic E-state index is 13.8. The molecule has 1 N–H and O–H groups in total. The van der Waals surface area contributed by atoms with Gasteiger partial charge in [0.05, 0.1) is 17.0 Å². The predicted octanol–water partition coefficient (Wildman–Crippen LogP) is 5.78.